The fourth-order valence-corrected chi connectivity index (χ4v) is 4.94. The Kier molecular flexibility index (Phi) is 9.89. The van der Waals surface area contributed by atoms with E-state index in [0.717, 1.165) is 71.4 Å². The number of methoxy groups -OCH3 is 1. The maximum Gasteiger partial charge on any atom is 0.222 e. The van der Waals surface area contributed by atoms with Crippen LogP contribution in [0.15, 0.2) is 0 Å². The number of hydrogen-bond acceptors (Lipinski definition) is 5. The van der Waals surface area contributed by atoms with Crippen molar-refractivity contribution >= 4 is 11.7 Å². The lowest BCUT2D eigenvalue weighted by Gasteiger charge is -2.47. The first kappa shape index (κ1) is 23.3. The fourth-order valence-electron chi connectivity index (χ4n) is 4.94. The molecule has 162 valence electrons. The molecule has 3 atom stereocenters. The molecule has 0 radical (unpaired) electrons. The molecule has 1 saturated carbocycles. The lowest BCUT2D eigenvalue weighted by Crippen LogP contribution is -2.52. The average molecular weight is 396 g/mol. The maximum absolute atomic E-state index is 13.0. The van der Waals surface area contributed by atoms with E-state index in [-0.39, 0.29) is 5.91 Å². The second-order valence-corrected chi connectivity index (χ2v) is 8.68. The van der Waals surface area contributed by atoms with Crippen molar-refractivity contribution < 1.29 is 14.3 Å². The van der Waals surface area contributed by atoms with Crippen LogP contribution >= 0.6 is 0 Å². The second-order valence-electron chi connectivity index (χ2n) is 8.68. The van der Waals surface area contributed by atoms with Crippen molar-refractivity contribution in [1.82, 2.24) is 14.7 Å². The van der Waals surface area contributed by atoms with Gasteiger partial charge in [0.1, 0.15) is 5.78 Å². The second kappa shape index (κ2) is 11.9. The molecule has 2 aliphatic rings. The number of ether oxygens (including phenoxy) is 1. The third kappa shape index (κ3) is 6.82. The molecule has 0 spiro atoms. The van der Waals surface area contributed by atoms with E-state index in [1.165, 1.54) is 0 Å². The molecule has 1 aliphatic heterocycles. The zero-order valence-corrected chi connectivity index (χ0v) is 18.5. The molecule has 0 aromatic carbocycles. The fraction of sp³-hybridized carbons (Fsp3) is 0.909. The standard InChI is InChI=1S/C22H41N3O3/c1-5-9-25-17-18(14-19-16-20(26)7-8-21(19)25)15-22(27)24(6-2)11-10-23(3)12-13-28-4/h18-19,21H,5-17H2,1-4H3/t18-,19-,21-/m1/s1. The highest BCUT2D eigenvalue weighted by molar-refractivity contribution is 5.79. The lowest BCUT2D eigenvalue weighted by atomic mass is 9.73. The summed E-state index contributed by atoms with van der Waals surface area (Å²) in [5.41, 5.74) is 0. The first-order chi connectivity index (χ1) is 13.5. The Morgan fingerprint density at radius 2 is 2.04 bits per heavy atom. The van der Waals surface area contributed by atoms with Gasteiger partial charge in [-0.15, -0.1) is 0 Å². The molecule has 0 bridgehead atoms. The quantitative estimate of drug-likeness (QED) is 0.537. The Balaban J connectivity index is 1.88. The van der Waals surface area contributed by atoms with Gasteiger partial charge in [-0.1, -0.05) is 6.92 Å². The molecule has 0 N–H and O–H groups in total. The van der Waals surface area contributed by atoms with Crippen LogP contribution in [-0.2, 0) is 14.3 Å². The minimum atomic E-state index is 0.268. The summed E-state index contributed by atoms with van der Waals surface area (Å²) >= 11 is 0. The van der Waals surface area contributed by atoms with Crippen LogP contribution in [0.2, 0.25) is 0 Å². The molecule has 1 heterocycles. The number of amides is 1. The molecule has 28 heavy (non-hydrogen) atoms. The molecular weight excluding hydrogens is 354 g/mol. The maximum atomic E-state index is 13.0. The number of piperidine rings is 1. The molecule has 0 aromatic rings. The summed E-state index contributed by atoms with van der Waals surface area (Å²) in [6, 6.07) is 0.556. The predicted octanol–water partition coefficient (Wildman–Crippen LogP) is 2.27. The van der Waals surface area contributed by atoms with Gasteiger partial charge in [0.15, 0.2) is 0 Å². The molecule has 1 saturated heterocycles. The zero-order valence-electron chi connectivity index (χ0n) is 18.5. The van der Waals surface area contributed by atoms with Crippen molar-refractivity contribution in [2.24, 2.45) is 11.8 Å². The van der Waals surface area contributed by atoms with E-state index in [1.54, 1.807) is 7.11 Å². The molecular formula is C22H41N3O3. The Morgan fingerprint density at radius 3 is 2.71 bits per heavy atom. The van der Waals surface area contributed by atoms with Crippen LogP contribution in [0.4, 0.5) is 0 Å². The average Bonchev–Trinajstić information content (AvgIpc) is 2.66. The first-order valence-electron chi connectivity index (χ1n) is 11.2. The van der Waals surface area contributed by atoms with Crippen molar-refractivity contribution in [2.75, 3.05) is 60.0 Å². The van der Waals surface area contributed by atoms with Crippen LogP contribution in [0, 0.1) is 11.8 Å². The number of likely N-dealkylation sites (tertiary alicyclic amines) is 1. The smallest absolute Gasteiger partial charge is 0.222 e. The summed E-state index contributed by atoms with van der Waals surface area (Å²) in [5, 5.41) is 0. The Labute approximate surface area is 171 Å². The predicted molar refractivity (Wildman–Crippen MR) is 112 cm³/mol. The third-order valence-electron chi connectivity index (χ3n) is 6.49. The van der Waals surface area contributed by atoms with E-state index < -0.39 is 0 Å². The van der Waals surface area contributed by atoms with Gasteiger partial charge in [-0.3, -0.25) is 14.5 Å². The van der Waals surface area contributed by atoms with Gasteiger partial charge >= 0.3 is 0 Å². The Bertz CT molecular complexity index is 499. The Morgan fingerprint density at radius 1 is 1.25 bits per heavy atom. The van der Waals surface area contributed by atoms with E-state index >= 15 is 0 Å². The van der Waals surface area contributed by atoms with Crippen LogP contribution in [0.3, 0.4) is 0 Å². The van der Waals surface area contributed by atoms with E-state index in [1.807, 2.05) is 4.90 Å². The van der Waals surface area contributed by atoms with Crippen LogP contribution in [-0.4, -0.2) is 92.5 Å². The molecule has 1 aliphatic carbocycles. The summed E-state index contributed by atoms with van der Waals surface area (Å²) in [6.45, 7) is 10.4. The van der Waals surface area contributed by atoms with Crippen molar-refractivity contribution in [3.05, 3.63) is 0 Å². The number of carbonyl (C=O) groups excluding carboxylic acids is 2. The number of Topliss-reactive ketones (excluding diaryl/α,β-unsaturated/α-hetero) is 1. The third-order valence-corrected chi connectivity index (χ3v) is 6.49. The zero-order chi connectivity index (χ0) is 20.5. The molecule has 2 fully saturated rings. The molecule has 0 unspecified atom stereocenters. The van der Waals surface area contributed by atoms with Crippen molar-refractivity contribution in [3.63, 3.8) is 0 Å². The van der Waals surface area contributed by atoms with Crippen molar-refractivity contribution in [3.8, 4) is 0 Å². The van der Waals surface area contributed by atoms with Gasteiger partial charge in [-0.2, -0.15) is 0 Å². The molecule has 6 heteroatoms. The molecule has 1 amide bonds. The number of rotatable bonds is 11. The number of hydrogen-bond donors (Lipinski definition) is 0. The largest absolute Gasteiger partial charge is 0.383 e. The molecule has 0 aromatic heterocycles. The minimum absolute atomic E-state index is 0.268. The summed E-state index contributed by atoms with van der Waals surface area (Å²) in [5.74, 6) is 1.52. The van der Waals surface area contributed by atoms with Crippen LogP contribution < -0.4 is 0 Å². The SMILES string of the molecule is CCCN1C[C@@H](CC(=O)N(CC)CCN(C)CCOC)C[C@@H]2CC(=O)CC[C@H]21. The van der Waals surface area contributed by atoms with E-state index in [4.69, 9.17) is 4.74 Å². The van der Waals surface area contributed by atoms with E-state index in [9.17, 15) is 9.59 Å². The van der Waals surface area contributed by atoms with Gasteiger partial charge in [0.2, 0.25) is 5.91 Å². The van der Waals surface area contributed by atoms with E-state index in [0.29, 0.717) is 36.7 Å². The van der Waals surface area contributed by atoms with Crippen LogP contribution in [0.1, 0.15) is 52.4 Å². The number of nitrogens with zero attached hydrogens (tertiary/aromatic N) is 3. The summed E-state index contributed by atoms with van der Waals surface area (Å²) < 4.78 is 5.12. The van der Waals surface area contributed by atoms with Gasteiger partial charge in [-0.25, -0.2) is 0 Å². The van der Waals surface area contributed by atoms with Gasteiger partial charge in [0.25, 0.3) is 0 Å². The minimum Gasteiger partial charge on any atom is -0.383 e. The first-order valence-corrected chi connectivity index (χ1v) is 11.2. The highest BCUT2D eigenvalue weighted by atomic mass is 16.5. The van der Waals surface area contributed by atoms with Crippen molar-refractivity contribution in [1.29, 1.82) is 0 Å². The molecule has 6 nitrogen and oxygen atoms in total. The van der Waals surface area contributed by atoms with Gasteiger partial charge in [0.05, 0.1) is 6.61 Å². The summed E-state index contributed by atoms with van der Waals surface area (Å²) in [4.78, 5) is 31.7. The topological polar surface area (TPSA) is 53.1 Å². The van der Waals surface area contributed by atoms with Gasteiger partial charge < -0.3 is 14.5 Å². The van der Waals surface area contributed by atoms with Crippen LogP contribution in [0.5, 0.6) is 0 Å². The number of fused-ring (bicyclic) bond motifs is 1. The summed E-state index contributed by atoms with van der Waals surface area (Å²) in [7, 11) is 3.79. The van der Waals surface area contributed by atoms with Crippen LogP contribution in [0.25, 0.3) is 0 Å². The number of ketones is 1. The number of likely N-dealkylation sites (N-methyl/N-ethyl adjacent to an activating group) is 2. The van der Waals surface area contributed by atoms with Gasteiger partial charge in [0, 0.05) is 65.1 Å². The highest BCUT2D eigenvalue weighted by Crippen LogP contribution is 2.37. The van der Waals surface area contributed by atoms with E-state index in [2.05, 4.69) is 30.7 Å². The Hall–Kier alpha value is -0.980. The monoisotopic (exact) mass is 395 g/mol. The lowest BCUT2D eigenvalue weighted by molar-refractivity contribution is -0.133. The normalized spacial score (nSPS) is 25.8. The highest BCUT2D eigenvalue weighted by Gasteiger charge is 2.39. The van der Waals surface area contributed by atoms with Gasteiger partial charge in [-0.05, 0) is 51.6 Å². The molecule has 2 rings (SSSR count). The van der Waals surface area contributed by atoms with Crippen molar-refractivity contribution in [2.45, 2.75) is 58.4 Å². The number of carbonyl (C=O) groups is 2. The summed E-state index contributed by atoms with van der Waals surface area (Å²) in [6.07, 6.45) is 5.26.